The van der Waals surface area contributed by atoms with Crippen molar-refractivity contribution in [2.75, 3.05) is 0 Å². The molecule has 0 saturated carbocycles. The van der Waals surface area contributed by atoms with Gasteiger partial charge >= 0.3 is 0 Å². The largest absolute Gasteiger partial charge is 0.508 e. The van der Waals surface area contributed by atoms with Crippen LogP contribution in [0.3, 0.4) is 0 Å². The highest BCUT2D eigenvalue weighted by Crippen LogP contribution is 2.52. The summed E-state index contributed by atoms with van der Waals surface area (Å²) in [5.74, 6) is -1.81. The Morgan fingerprint density at radius 2 is 1.03 bits per heavy atom. The number of aryl methyl sites for hydroxylation is 2. The first-order chi connectivity index (χ1) is 32.2. The van der Waals surface area contributed by atoms with Crippen molar-refractivity contribution in [2.45, 2.75) is 104 Å². The predicted octanol–water partition coefficient (Wildman–Crippen LogP) is 13.0. The molecule has 2 unspecified atom stereocenters. The van der Waals surface area contributed by atoms with Crippen molar-refractivity contribution in [3.8, 4) is 34.5 Å². The maximum Gasteiger partial charge on any atom is 0.138 e. The summed E-state index contributed by atoms with van der Waals surface area (Å²) < 4.78 is 0. The number of unbranched alkanes of at least 4 members (excludes halogenated alkanes) is 2. The van der Waals surface area contributed by atoms with Crippen LogP contribution >= 0.6 is 69.6 Å². The van der Waals surface area contributed by atoms with E-state index in [1.807, 2.05) is 19.1 Å². The van der Waals surface area contributed by atoms with Crippen LogP contribution < -0.4 is 0 Å². The van der Waals surface area contributed by atoms with Gasteiger partial charge in [-0.05, 0) is 129 Å². The van der Waals surface area contributed by atoms with E-state index < -0.39 is 25.0 Å². The predicted molar refractivity (Wildman–Crippen MR) is 271 cm³/mol. The average molecular weight is 1050 g/mol. The number of phenols is 6. The van der Waals surface area contributed by atoms with Gasteiger partial charge < -0.3 is 51.1 Å². The first-order valence-corrected chi connectivity index (χ1v) is 23.9. The van der Waals surface area contributed by atoms with Crippen molar-refractivity contribution < 1.29 is 51.1 Å². The van der Waals surface area contributed by atoms with Gasteiger partial charge in [-0.15, -0.1) is 0 Å². The van der Waals surface area contributed by atoms with E-state index in [-0.39, 0.29) is 75.3 Å². The standard InChI is InChI=1S/C36H39Cl3O7.C16H15Cl3O3/c1-19-12-20(2)35(45)25(13-19)33(26-15-22(37)14-21(16-40)36(26)46)24(34-28(18-42)32(44)11-9-30(34)39)7-5-3-4-6-23-27(17-41)31(43)10-8-29(23)38;1-7-12(16(22)14(19)8(2)13(7)18)5-9-3-11(17)4-10(6-20)15(9)21/h8-15,24,33,40-46H,3-7,16-18H2,1-2H3;3-4,20-22H,5-6H2,1-2H3. The quantitative estimate of drug-likeness (QED) is 0.0416. The van der Waals surface area contributed by atoms with Crippen LogP contribution in [0.2, 0.25) is 30.1 Å². The molecule has 0 aliphatic rings. The highest BCUT2D eigenvalue weighted by atomic mass is 35.5. The minimum atomic E-state index is -0.770. The number of benzene rings is 6. The Morgan fingerprint density at radius 1 is 0.471 bits per heavy atom. The topological polar surface area (TPSA) is 202 Å². The van der Waals surface area contributed by atoms with Crippen molar-refractivity contribution in [2.24, 2.45) is 0 Å². The molecule has 0 aliphatic heterocycles. The molecular formula is C52H54Cl6O10. The van der Waals surface area contributed by atoms with Crippen LogP contribution in [-0.4, -0.2) is 51.1 Å². The number of halogens is 6. The SMILES string of the molecule is Cc1c(Cl)c(C)c(Cc2cc(Cl)cc(CO)c2O)c(O)c1Cl.Cc1cc(C)c(O)c(C(c2cc(Cl)cc(CO)c2O)C(CCCCCc2c(Cl)ccc(O)c2CO)c2c(Cl)ccc(O)c2CO)c1. The number of hydrogen-bond acceptors (Lipinski definition) is 10. The summed E-state index contributed by atoms with van der Waals surface area (Å²) in [6.07, 6.45) is 3.11. The zero-order chi connectivity index (χ0) is 50.3. The van der Waals surface area contributed by atoms with Gasteiger partial charge in [0.05, 0.1) is 31.5 Å². The third-order valence-corrected chi connectivity index (χ3v) is 14.5. The molecule has 0 fully saturated rings. The van der Waals surface area contributed by atoms with Crippen LogP contribution in [0, 0.1) is 27.7 Å². The summed E-state index contributed by atoms with van der Waals surface area (Å²) >= 11 is 38.1. The van der Waals surface area contributed by atoms with Crippen LogP contribution in [0.5, 0.6) is 34.5 Å². The lowest BCUT2D eigenvalue weighted by molar-refractivity contribution is 0.272. The van der Waals surface area contributed by atoms with E-state index >= 15 is 0 Å². The Labute approximate surface area is 425 Å². The lowest BCUT2D eigenvalue weighted by Crippen LogP contribution is -2.17. The van der Waals surface area contributed by atoms with Crippen molar-refractivity contribution in [1.29, 1.82) is 0 Å². The number of aliphatic hydroxyl groups excluding tert-OH is 4. The van der Waals surface area contributed by atoms with Gasteiger partial charge in [-0.1, -0.05) is 100 Å². The van der Waals surface area contributed by atoms with Crippen LogP contribution in [0.1, 0.15) is 115 Å². The molecule has 10 nitrogen and oxygen atoms in total. The van der Waals surface area contributed by atoms with Gasteiger partial charge in [-0.3, -0.25) is 0 Å². The maximum absolute atomic E-state index is 11.5. The fourth-order valence-electron chi connectivity index (χ4n) is 8.86. The van der Waals surface area contributed by atoms with Crippen molar-refractivity contribution in [1.82, 2.24) is 0 Å². The van der Waals surface area contributed by atoms with Crippen LogP contribution in [0.15, 0.2) is 60.7 Å². The highest BCUT2D eigenvalue weighted by molar-refractivity contribution is 6.37. The molecule has 6 aromatic rings. The van der Waals surface area contributed by atoms with Crippen molar-refractivity contribution in [3.63, 3.8) is 0 Å². The van der Waals surface area contributed by atoms with Gasteiger partial charge in [-0.2, -0.15) is 0 Å². The van der Waals surface area contributed by atoms with E-state index in [2.05, 4.69) is 0 Å². The molecule has 10 N–H and O–H groups in total. The minimum Gasteiger partial charge on any atom is -0.508 e. The molecule has 2 atom stereocenters. The summed E-state index contributed by atoms with van der Waals surface area (Å²) in [6, 6.07) is 15.8. The number of phenolic OH excluding ortho intramolecular Hbond substituents is 2. The Kier molecular flexibility index (Phi) is 19.3. The number of hydrogen-bond donors (Lipinski definition) is 10. The normalized spacial score (nSPS) is 12.2. The Bertz CT molecular complexity index is 2770. The monoisotopic (exact) mass is 1050 g/mol. The second-order valence-corrected chi connectivity index (χ2v) is 19.2. The van der Waals surface area contributed by atoms with E-state index in [4.69, 9.17) is 69.6 Å². The fraction of sp³-hybridized carbons (Fsp3) is 0.308. The van der Waals surface area contributed by atoms with E-state index in [0.29, 0.717) is 113 Å². The smallest absolute Gasteiger partial charge is 0.138 e. The van der Waals surface area contributed by atoms with Gasteiger partial charge in [0.25, 0.3) is 0 Å². The molecule has 0 heterocycles. The highest BCUT2D eigenvalue weighted by Gasteiger charge is 2.35. The van der Waals surface area contributed by atoms with Gasteiger partial charge in [0.1, 0.15) is 34.5 Å². The first-order valence-electron chi connectivity index (χ1n) is 21.6. The molecule has 0 spiro atoms. The Balaban J connectivity index is 0.000000327. The molecule has 0 aromatic heterocycles. The lowest BCUT2D eigenvalue weighted by atomic mass is 9.72. The summed E-state index contributed by atoms with van der Waals surface area (Å²) in [5.41, 5.74) is 6.92. The summed E-state index contributed by atoms with van der Waals surface area (Å²) in [5, 5.41) is 106. The van der Waals surface area contributed by atoms with Gasteiger partial charge in [0.2, 0.25) is 0 Å². The summed E-state index contributed by atoms with van der Waals surface area (Å²) in [7, 11) is 0. The van der Waals surface area contributed by atoms with Crippen molar-refractivity contribution >= 4 is 69.6 Å². The second kappa shape index (κ2) is 24.0. The zero-order valence-electron chi connectivity index (χ0n) is 37.7. The average Bonchev–Trinajstić information content (AvgIpc) is 3.31. The molecule has 364 valence electrons. The number of rotatable bonds is 16. The van der Waals surface area contributed by atoms with Gasteiger partial charge in [-0.25, -0.2) is 0 Å². The molecule has 6 rings (SSSR count). The zero-order valence-corrected chi connectivity index (χ0v) is 42.3. The molecule has 0 aliphatic carbocycles. The molecular weight excluding hydrogens is 997 g/mol. The van der Waals surface area contributed by atoms with Gasteiger partial charge in [0.15, 0.2) is 0 Å². The number of aliphatic hydroxyl groups is 4. The summed E-state index contributed by atoms with van der Waals surface area (Å²) in [4.78, 5) is 0. The van der Waals surface area contributed by atoms with Crippen molar-refractivity contribution in [3.05, 3.63) is 169 Å². The molecule has 68 heavy (non-hydrogen) atoms. The molecule has 0 amide bonds. The molecule has 0 bridgehead atoms. The van der Waals surface area contributed by atoms with Crippen LogP contribution in [0.4, 0.5) is 0 Å². The molecule has 0 saturated heterocycles. The van der Waals surface area contributed by atoms with Gasteiger partial charge in [0, 0.05) is 82.0 Å². The maximum atomic E-state index is 11.5. The van der Waals surface area contributed by atoms with E-state index in [0.717, 1.165) is 5.56 Å². The Hall–Kier alpha value is -4.30. The molecule has 0 radical (unpaired) electrons. The molecule has 16 heteroatoms. The molecule has 6 aromatic carbocycles. The lowest BCUT2D eigenvalue weighted by Gasteiger charge is -2.33. The summed E-state index contributed by atoms with van der Waals surface area (Å²) in [6.45, 7) is 5.51. The minimum absolute atomic E-state index is 0.0161. The van der Waals surface area contributed by atoms with E-state index in [1.54, 1.807) is 45.0 Å². The number of aromatic hydroxyl groups is 6. The van der Waals surface area contributed by atoms with Crippen LogP contribution in [-0.2, 0) is 39.3 Å². The first kappa shape index (κ1) is 54.6. The third-order valence-electron chi connectivity index (χ3n) is 12.4. The van der Waals surface area contributed by atoms with E-state index in [9.17, 15) is 51.1 Å². The van der Waals surface area contributed by atoms with Crippen LogP contribution in [0.25, 0.3) is 0 Å². The van der Waals surface area contributed by atoms with E-state index in [1.165, 1.54) is 24.3 Å². The third kappa shape index (κ3) is 12.0. The fourth-order valence-corrected chi connectivity index (χ4v) is 10.4. The second-order valence-electron chi connectivity index (χ2n) is 16.8. The Morgan fingerprint density at radius 3 is 1.65 bits per heavy atom.